The van der Waals surface area contributed by atoms with E-state index in [2.05, 4.69) is 4.98 Å². The quantitative estimate of drug-likeness (QED) is 0.489. The molecule has 4 nitrogen and oxygen atoms in total. The van der Waals surface area contributed by atoms with E-state index in [1.54, 1.807) is 12.1 Å². The van der Waals surface area contributed by atoms with Crippen LogP contribution >= 0.6 is 0 Å². The van der Waals surface area contributed by atoms with E-state index in [-0.39, 0.29) is 17.4 Å². The second-order valence-electron chi connectivity index (χ2n) is 6.74. The van der Waals surface area contributed by atoms with Crippen molar-refractivity contribution in [2.24, 2.45) is 0 Å². The maximum Gasteiger partial charge on any atom is 0.416 e. The van der Waals surface area contributed by atoms with Crippen molar-refractivity contribution in [3.05, 3.63) is 64.8 Å². The zero-order valence-corrected chi connectivity index (χ0v) is 15.4. The third kappa shape index (κ3) is 4.69. The molecule has 0 saturated carbocycles. The van der Waals surface area contributed by atoms with Crippen molar-refractivity contribution >= 4 is 16.9 Å². The predicted octanol–water partition coefficient (Wildman–Crippen LogP) is 5.97. The van der Waals surface area contributed by atoms with E-state index in [9.17, 15) is 31.1 Å². The Morgan fingerprint density at radius 1 is 1.00 bits per heavy atom. The standard InChI is InChI=1S/C20H15F6NO3/c1-10(18(28)29)17-7-12-6-15(2-3-16(12)27-17)30-9-11-4-13(19(21,22)23)8-14(5-11)20(24,25)26/h2-8,10,27H,9H2,1H3,(H,28,29). The Morgan fingerprint density at radius 2 is 1.60 bits per heavy atom. The van der Waals surface area contributed by atoms with Crippen LogP contribution in [0.25, 0.3) is 10.9 Å². The topological polar surface area (TPSA) is 62.3 Å². The fourth-order valence-electron chi connectivity index (χ4n) is 2.86. The Hall–Kier alpha value is -3.17. The van der Waals surface area contributed by atoms with Gasteiger partial charge in [-0.05, 0) is 55.0 Å². The Kier molecular flexibility index (Phi) is 5.44. The second-order valence-corrected chi connectivity index (χ2v) is 6.74. The summed E-state index contributed by atoms with van der Waals surface area (Å²) < 4.78 is 83.1. The number of rotatable bonds is 5. The number of carboxylic acid groups (broad SMARTS) is 1. The van der Waals surface area contributed by atoms with E-state index in [4.69, 9.17) is 9.84 Å². The number of benzene rings is 2. The van der Waals surface area contributed by atoms with Gasteiger partial charge >= 0.3 is 18.3 Å². The van der Waals surface area contributed by atoms with Crippen LogP contribution in [0, 0.1) is 0 Å². The van der Waals surface area contributed by atoms with Gasteiger partial charge in [0.15, 0.2) is 0 Å². The van der Waals surface area contributed by atoms with Crippen molar-refractivity contribution in [1.82, 2.24) is 4.98 Å². The number of hydrogen-bond donors (Lipinski definition) is 2. The summed E-state index contributed by atoms with van der Waals surface area (Å²) in [5.41, 5.74) is -2.05. The molecule has 2 N–H and O–H groups in total. The number of carboxylic acids is 1. The fourth-order valence-corrected chi connectivity index (χ4v) is 2.86. The minimum atomic E-state index is -4.93. The van der Waals surface area contributed by atoms with E-state index in [1.165, 1.54) is 19.1 Å². The van der Waals surface area contributed by atoms with Crippen molar-refractivity contribution in [3.63, 3.8) is 0 Å². The van der Waals surface area contributed by atoms with Gasteiger partial charge in [0.25, 0.3) is 0 Å². The molecule has 3 rings (SSSR count). The molecule has 0 saturated heterocycles. The molecule has 2 aromatic carbocycles. The minimum Gasteiger partial charge on any atom is -0.489 e. The van der Waals surface area contributed by atoms with Crippen LogP contribution in [0.2, 0.25) is 0 Å². The van der Waals surface area contributed by atoms with Gasteiger partial charge < -0.3 is 14.8 Å². The SMILES string of the molecule is CC(C(=O)O)c1cc2cc(OCc3cc(C(F)(F)F)cc(C(F)(F)F)c3)ccc2[nH]1. The lowest BCUT2D eigenvalue weighted by atomic mass is 10.1. The Balaban J connectivity index is 1.85. The molecule has 0 radical (unpaired) electrons. The number of ether oxygens (including phenoxy) is 1. The number of fused-ring (bicyclic) bond motifs is 1. The molecular formula is C20H15F6NO3. The number of aromatic amines is 1. The first-order valence-electron chi connectivity index (χ1n) is 8.61. The molecule has 1 heterocycles. The van der Waals surface area contributed by atoms with Crippen LogP contribution < -0.4 is 4.74 Å². The van der Waals surface area contributed by atoms with Gasteiger partial charge in [0.1, 0.15) is 12.4 Å². The molecule has 0 fully saturated rings. The summed E-state index contributed by atoms with van der Waals surface area (Å²) in [7, 11) is 0. The number of hydrogen-bond acceptors (Lipinski definition) is 2. The molecule has 30 heavy (non-hydrogen) atoms. The van der Waals surface area contributed by atoms with E-state index in [1.807, 2.05) is 0 Å². The van der Waals surface area contributed by atoms with E-state index >= 15 is 0 Å². The van der Waals surface area contributed by atoms with Crippen LogP contribution in [0.5, 0.6) is 5.75 Å². The highest BCUT2D eigenvalue weighted by Crippen LogP contribution is 2.36. The molecule has 0 spiro atoms. The smallest absolute Gasteiger partial charge is 0.416 e. The van der Waals surface area contributed by atoms with Crippen LogP contribution in [0.4, 0.5) is 26.3 Å². The van der Waals surface area contributed by atoms with Gasteiger partial charge in [-0.15, -0.1) is 0 Å². The molecule has 160 valence electrons. The van der Waals surface area contributed by atoms with Crippen LogP contribution in [0.3, 0.4) is 0 Å². The molecule has 1 aromatic heterocycles. The summed E-state index contributed by atoms with van der Waals surface area (Å²) in [6.45, 7) is 0.984. The highest BCUT2D eigenvalue weighted by molar-refractivity contribution is 5.84. The molecule has 1 atom stereocenters. The zero-order chi connectivity index (χ0) is 22.3. The predicted molar refractivity (Wildman–Crippen MR) is 95.1 cm³/mol. The average molecular weight is 431 g/mol. The molecule has 0 aliphatic carbocycles. The first kappa shape index (κ1) is 21.5. The molecule has 0 bridgehead atoms. The number of alkyl halides is 6. The van der Waals surface area contributed by atoms with Crippen molar-refractivity contribution in [1.29, 1.82) is 0 Å². The van der Waals surface area contributed by atoms with Gasteiger partial charge in [-0.2, -0.15) is 26.3 Å². The second kappa shape index (κ2) is 7.58. The molecular weight excluding hydrogens is 416 g/mol. The first-order valence-corrected chi connectivity index (χ1v) is 8.61. The third-order valence-corrected chi connectivity index (χ3v) is 4.50. The lowest BCUT2D eigenvalue weighted by Gasteiger charge is -2.14. The Morgan fingerprint density at radius 3 is 2.13 bits per heavy atom. The van der Waals surface area contributed by atoms with Gasteiger partial charge in [-0.25, -0.2) is 0 Å². The van der Waals surface area contributed by atoms with E-state index < -0.39 is 42.0 Å². The number of halogens is 6. The van der Waals surface area contributed by atoms with E-state index in [0.29, 0.717) is 28.7 Å². The summed E-state index contributed by atoms with van der Waals surface area (Å²) in [6, 6.07) is 7.44. The lowest BCUT2D eigenvalue weighted by molar-refractivity contribution is -0.143. The van der Waals surface area contributed by atoms with Crippen molar-refractivity contribution in [2.45, 2.75) is 31.8 Å². The molecule has 0 aliphatic heterocycles. The fraction of sp³-hybridized carbons (Fsp3) is 0.250. The normalized spacial score (nSPS) is 13.4. The van der Waals surface area contributed by atoms with Crippen molar-refractivity contribution in [3.8, 4) is 5.75 Å². The number of aliphatic carboxylic acids is 1. The zero-order valence-electron chi connectivity index (χ0n) is 15.4. The van der Waals surface area contributed by atoms with Gasteiger partial charge in [-0.3, -0.25) is 4.79 Å². The van der Waals surface area contributed by atoms with Gasteiger partial charge in [0, 0.05) is 16.6 Å². The highest BCUT2D eigenvalue weighted by atomic mass is 19.4. The van der Waals surface area contributed by atoms with Gasteiger partial charge in [-0.1, -0.05) is 0 Å². The largest absolute Gasteiger partial charge is 0.489 e. The average Bonchev–Trinajstić information content (AvgIpc) is 3.07. The van der Waals surface area contributed by atoms with Crippen LogP contribution in [0.15, 0.2) is 42.5 Å². The van der Waals surface area contributed by atoms with Crippen molar-refractivity contribution in [2.75, 3.05) is 0 Å². The summed E-state index contributed by atoms with van der Waals surface area (Å²) >= 11 is 0. The summed E-state index contributed by atoms with van der Waals surface area (Å²) in [5, 5.41) is 9.67. The van der Waals surface area contributed by atoms with Crippen LogP contribution in [-0.2, 0) is 23.8 Å². The maximum absolute atomic E-state index is 12.9. The number of carbonyl (C=O) groups is 1. The first-order chi connectivity index (χ1) is 13.8. The van der Waals surface area contributed by atoms with Crippen LogP contribution in [0.1, 0.15) is 35.2 Å². The summed E-state index contributed by atoms with van der Waals surface area (Å²) in [4.78, 5) is 14.0. The molecule has 1 unspecified atom stereocenters. The number of H-pyrrole nitrogens is 1. The monoisotopic (exact) mass is 431 g/mol. The van der Waals surface area contributed by atoms with Gasteiger partial charge in [0.2, 0.25) is 0 Å². The Labute approximate surface area is 166 Å². The number of nitrogens with one attached hydrogen (secondary N) is 1. The minimum absolute atomic E-state index is 0.0561. The molecule has 0 aliphatic rings. The lowest BCUT2D eigenvalue weighted by Crippen LogP contribution is -2.12. The van der Waals surface area contributed by atoms with Crippen molar-refractivity contribution < 1.29 is 41.0 Å². The third-order valence-electron chi connectivity index (χ3n) is 4.50. The summed E-state index contributed by atoms with van der Waals surface area (Å²) in [6.07, 6.45) is -9.87. The van der Waals surface area contributed by atoms with E-state index in [0.717, 1.165) is 0 Å². The maximum atomic E-state index is 12.9. The van der Waals surface area contributed by atoms with Crippen LogP contribution in [-0.4, -0.2) is 16.1 Å². The number of aromatic nitrogens is 1. The molecule has 10 heteroatoms. The highest BCUT2D eigenvalue weighted by Gasteiger charge is 2.36. The Bertz CT molecular complexity index is 1050. The molecule has 0 amide bonds. The molecule has 3 aromatic rings. The van der Waals surface area contributed by atoms with Gasteiger partial charge in [0.05, 0.1) is 17.0 Å². The summed E-state index contributed by atoms with van der Waals surface area (Å²) in [5.74, 6) is -1.60.